The highest BCUT2D eigenvalue weighted by atomic mass is 19.1. The van der Waals surface area contributed by atoms with Gasteiger partial charge in [0.25, 0.3) is 11.1 Å². The number of ether oxygens (including phenoxy) is 1. The first-order valence-electron chi connectivity index (χ1n) is 11.6. The van der Waals surface area contributed by atoms with Crippen LogP contribution in [0.15, 0.2) is 69.2 Å². The summed E-state index contributed by atoms with van der Waals surface area (Å²) in [6, 6.07) is 8.18. The van der Waals surface area contributed by atoms with Crippen molar-refractivity contribution in [1.29, 1.82) is 0 Å². The van der Waals surface area contributed by atoms with Crippen LogP contribution in [0.5, 0.6) is 0 Å². The molecule has 6 aromatic rings. The standard InChI is InChI=1S/C27H18F2N4O5/c1-2-37-27(36)23-21(15-4-3-6-30-25(15)34)22-20(10-18(29)14-5-7-38-24(14)22)33(23)11-13-8-16-19(9-17(13)28)31-12-32-26(16)35/h3-10,12H,2,11H2,1H3,(H,30,34)(H,31,32,35). The Labute approximate surface area is 211 Å². The summed E-state index contributed by atoms with van der Waals surface area (Å²) in [5.74, 6) is -2.13. The summed E-state index contributed by atoms with van der Waals surface area (Å²) in [6.45, 7) is 1.34. The van der Waals surface area contributed by atoms with E-state index in [1.807, 2.05) is 0 Å². The van der Waals surface area contributed by atoms with Crippen LogP contribution in [0, 0.1) is 11.6 Å². The fourth-order valence-corrected chi connectivity index (χ4v) is 4.79. The van der Waals surface area contributed by atoms with Gasteiger partial charge in [0.05, 0.1) is 58.5 Å². The van der Waals surface area contributed by atoms with Gasteiger partial charge in [-0.25, -0.2) is 18.6 Å². The maximum atomic E-state index is 15.3. The van der Waals surface area contributed by atoms with Gasteiger partial charge in [-0.1, -0.05) is 0 Å². The minimum absolute atomic E-state index is 0.0147. The number of rotatable bonds is 5. The Kier molecular flexibility index (Phi) is 5.41. The third-order valence-electron chi connectivity index (χ3n) is 6.41. The Morgan fingerprint density at radius 1 is 1.08 bits per heavy atom. The van der Waals surface area contributed by atoms with Crippen molar-refractivity contribution < 1.29 is 22.7 Å². The molecule has 0 aliphatic carbocycles. The highest BCUT2D eigenvalue weighted by Crippen LogP contribution is 2.40. The molecular weight excluding hydrogens is 498 g/mol. The second kappa shape index (κ2) is 8.80. The second-order valence-electron chi connectivity index (χ2n) is 8.55. The van der Waals surface area contributed by atoms with Crippen molar-refractivity contribution >= 4 is 38.7 Å². The molecular formula is C27H18F2N4O5. The van der Waals surface area contributed by atoms with E-state index in [1.54, 1.807) is 13.0 Å². The quantitative estimate of drug-likeness (QED) is 0.326. The summed E-state index contributed by atoms with van der Waals surface area (Å²) >= 11 is 0. The van der Waals surface area contributed by atoms with E-state index >= 15 is 8.78 Å². The molecule has 6 rings (SSSR count). The van der Waals surface area contributed by atoms with Crippen molar-refractivity contribution in [3.05, 3.63) is 98.8 Å². The number of carbonyl (C=O) groups is 1. The minimum atomic E-state index is -0.803. The topological polar surface area (TPSA) is 123 Å². The lowest BCUT2D eigenvalue weighted by molar-refractivity contribution is 0.0516. The number of nitrogens with one attached hydrogen (secondary N) is 2. The van der Waals surface area contributed by atoms with Gasteiger partial charge in [-0.3, -0.25) is 9.59 Å². The monoisotopic (exact) mass is 516 g/mol. The molecule has 0 radical (unpaired) electrons. The zero-order chi connectivity index (χ0) is 26.6. The fraction of sp³-hybridized carbons (Fsp3) is 0.111. The minimum Gasteiger partial charge on any atom is -0.463 e. The van der Waals surface area contributed by atoms with Crippen molar-refractivity contribution in [3.63, 3.8) is 0 Å². The van der Waals surface area contributed by atoms with Gasteiger partial charge in [0.2, 0.25) is 0 Å². The van der Waals surface area contributed by atoms with E-state index in [9.17, 15) is 14.4 Å². The summed E-state index contributed by atoms with van der Waals surface area (Å²) in [6.07, 6.45) is 3.91. The highest BCUT2D eigenvalue weighted by Gasteiger charge is 2.30. The number of pyridine rings is 1. The van der Waals surface area contributed by atoms with E-state index in [4.69, 9.17) is 9.15 Å². The van der Waals surface area contributed by atoms with Gasteiger partial charge in [0.15, 0.2) is 0 Å². The molecule has 0 amide bonds. The summed E-state index contributed by atoms with van der Waals surface area (Å²) in [7, 11) is 0. The first kappa shape index (κ1) is 23.3. The Bertz CT molecular complexity index is 2020. The summed E-state index contributed by atoms with van der Waals surface area (Å²) in [5, 5.41) is 0.567. The number of esters is 1. The molecule has 0 unspecified atom stereocenters. The molecule has 0 bridgehead atoms. The van der Waals surface area contributed by atoms with Crippen molar-refractivity contribution in [1.82, 2.24) is 19.5 Å². The predicted octanol–water partition coefficient (Wildman–Crippen LogP) is 4.48. The van der Waals surface area contributed by atoms with Gasteiger partial charge >= 0.3 is 5.97 Å². The number of aromatic amines is 2. The molecule has 0 saturated heterocycles. The zero-order valence-corrected chi connectivity index (χ0v) is 19.8. The number of carbonyl (C=O) groups excluding carboxylic acids is 1. The van der Waals surface area contributed by atoms with E-state index in [0.717, 1.165) is 6.07 Å². The van der Waals surface area contributed by atoms with Crippen LogP contribution in [0.3, 0.4) is 0 Å². The van der Waals surface area contributed by atoms with Crippen LogP contribution >= 0.6 is 0 Å². The number of benzene rings is 2. The molecule has 2 N–H and O–H groups in total. The number of hydrogen-bond donors (Lipinski definition) is 2. The summed E-state index contributed by atoms with van der Waals surface area (Å²) in [5.41, 5.74) is -0.335. The molecule has 4 heterocycles. The van der Waals surface area contributed by atoms with Crippen molar-refractivity contribution in [2.24, 2.45) is 0 Å². The molecule has 2 aromatic carbocycles. The van der Waals surface area contributed by atoms with Crippen LogP contribution in [0.1, 0.15) is 23.0 Å². The van der Waals surface area contributed by atoms with Crippen LogP contribution in [0.25, 0.3) is 43.9 Å². The molecule has 0 aliphatic heterocycles. The summed E-state index contributed by atoms with van der Waals surface area (Å²) < 4.78 is 42.8. The normalized spacial score (nSPS) is 11.6. The zero-order valence-electron chi connectivity index (χ0n) is 19.8. The maximum Gasteiger partial charge on any atom is 0.355 e. The van der Waals surface area contributed by atoms with Gasteiger partial charge in [0.1, 0.15) is 22.9 Å². The predicted molar refractivity (Wildman–Crippen MR) is 135 cm³/mol. The molecule has 0 atom stereocenters. The maximum absolute atomic E-state index is 15.3. The average Bonchev–Trinajstić information content (AvgIpc) is 3.49. The Hall–Kier alpha value is -5.06. The Morgan fingerprint density at radius 2 is 1.92 bits per heavy atom. The lowest BCUT2D eigenvalue weighted by atomic mass is 10.0. The first-order chi connectivity index (χ1) is 18.4. The SMILES string of the molecule is CCOC(=O)c1c(-c2ccc[nH]c2=O)c2c3occc3c(F)cc2n1Cc1cc2c(=O)[nH]cnc2cc1F. The van der Waals surface area contributed by atoms with Gasteiger partial charge < -0.3 is 23.7 Å². The van der Waals surface area contributed by atoms with Gasteiger partial charge in [0, 0.05) is 23.4 Å². The molecule has 11 heteroatoms. The third-order valence-corrected chi connectivity index (χ3v) is 6.41. The molecule has 9 nitrogen and oxygen atoms in total. The number of halogens is 2. The fourth-order valence-electron chi connectivity index (χ4n) is 4.79. The number of nitrogens with zero attached hydrogens (tertiary/aromatic N) is 2. The highest BCUT2D eigenvalue weighted by molar-refractivity contribution is 6.17. The van der Waals surface area contributed by atoms with Crippen molar-refractivity contribution in [2.75, 3.05) is 6.61 Å². The largest absolute Gasteiger partial charge is 0.463 e. The number of fused-ring (bicyclic) bond motifs is 4. The van der Waals surface area contributed by atoms with Gasteiger partial charge in [-0.15, -0.1) is 0 Å². The molecule has 0 saturated carbocycles. The number of H-pyrrole nitrogens is 2. The van der Waals surface area contributed by atoms with Gasteiger partial charge in [-0.2, -0.15) is 0 Å². The first-order valence-corrected chi connectivity index (χ1v) is 11.6. The second-order valence-corrected chi connectivity index (χ2v) is 8.55. The van der Waals surface area contributed by atoms with Crippen molar-refractivity contribution in [3.8, 4) is 11.1 Å². The third kappa shape index (κ3) is 3.51. The lowest BCUT2D eigenvalue weighted by Gasteiger charge is -2.13. The molecule has 190 valence electrons. The molecule has 38 heavy (non-hydrogen) atoms. The van der Waals surface area contributed by atoms with Crippen LogP contribution in [-0.4, -0.2) is 32.1 Å². The van der Waals surface area contributed by atoms with E-state index in [1.165, 1.54) is 47.6 Å². The van der Waals surface area contributed by atoms with E-state index in [-0.39, 0.29) is 68.3 Å². The summed E-state index contributed by atoms with van der Waals surface area (Å²) in [4.78, 5) is 47.7. The van der Waals surface area contributed by atoms with E-state index in [2.05, 4.69) is 15.0 Å². The van der Waals surface area contributed by atoms with Gasteiger partial charge in [-0.05, 0) is 37.3 Å². The average molecular weight is 516 g/mol. The van der Waals surface area contributed by atoms with Crippen LogP contribution in [-0.2, 0) is 11.3 Å². The smallest absolute Gasteiger partial charge is 0.355 e. The number of hydrogen-bond acceptors (Lipinski definition) is 6. The van der Waals surface area contributed by atoms with E-state index < -0.39 is 28.7 Å². The lowest BCUT2D eigenvalue weighted by Crippen LogP contribution is -2.17. The Morgan fingerprint density at radius 3 is 2.71 bits per heavy atom. The number of aromatic nitrogens is 4. The van der Waals surface area contributed by atoms with Crippen LogP contribution in [0.4, 0.5) is 8.78 Å². The Balaban J connectivity index is 1.74. The molecule has 4 aromatic heterocycles. The van der Waals surface area contributed by atoms with E-state index in [0.29, 0.717) is 0 Å². The number of furan rings is 1. The van der Waals surface area contributed by atoms with Crippen molar-refractivity contribution in [2.45, 2.75) is 13.5 Å². The molecule has 0 fully saturated rings. The van der Waals surface area contributed by atoms with Crippen LogP contribution in [0.2, 0.25) is 0 Å². The molecule has 0 spiro atoms. The van der Waals surface area contributed by atoms with Crippen LogP contribution < -0.4 is 11.1 Å². The molecule has 0 aliphatic rings.